The summed E-state index contributed by atoms with van der Waals surface area (Å²) in [4.78, 5) is 13.5. The first-order valence-corrected chi connectivity index (χ1v) is 6.65. The number of anilines is 1. The van der Waals surface area contributed by atoms with Crippen LogP contribution in [0.3, 0.4) is 0 Å². The molecule has 0 radical (unpaired) electrons. The standard InChI is InChI=1S/C14H13NO2S/c1-17-14(16)12-8-9-6-7-15-11-5-3-2-4-10(11)13(9)18-12/h2-5,8,15H,6-7H2,1H3. The van der Waals surface area contributed by atoms with Gasteiger partial charge in [-0.05, 0) is 24.1 Å². The van der Waals surface area contributed by atoms with Gasteiger partial charge in [0, 0.05) is 22.7 Å². The minimum atomic E-state index is -0.251. The van der Waals surface area contributed by atoms with Gasteiger partial charge >= 0.3 is 5.97 Å². The van der Waals surface area contributed by atoms with E-state index in [1.165, 1.54) is 34.5 Å². The average Bonchev–Trinajstić information content (AvgIpc) is 2.75. The van der Waals surface area contributed by atoms with Crippen LogP contribution in [-0.4, -0.2) is 19.6 Å². The third kappa shape index (κ3) is 1.78. The molecule has 92 valence electrons. The van der Waals surface area contributed by atoms with E-state index in [0.29, 0.717) is 4.88 Å². The van der Waals surface area contributed by atoms with Crippen LogP contribution in [-0.2, 0) is 11.2 Å². The van der Waals surface area contributed by atoms with E-state index in [1.807, 2.05) is 18.2 Å². The van der Waals surface area contributed by atoms with E-state index >= 15 is 0 Å². The zero-order chi connectivity index (χ0) is 12.5. The molecule has 3 nitrogen and oxygen atoms in total. The topological polar surface area (TPSA) is 38.3 Å². The van der Waals surface area contributed by atoms with Gasteiger partial charge in [0.2, 0.25) is 0 Å². The number of fused-ring (bicyclic) bond motifs is 3. The molecule has 0 amide bonds. The first-order chi connectivity index (χ1) is 8.79. The molecule has 0 aliphatic carbocycles. The highest BCUT2D eigenvalue weighted by molar-refractivity contribution is 7.17. The predicted octanol–water partition coefficient (Wildman–Crippen LogP) is 3.17. The van der Waals surface area contributed by atoms with E-state index in [0.717, 1.165) is 18.7 Å². The van der Waals surface area contributed by atoms with Gasteiger partial charge in [-0.15, -0.1) is 11.3 Å². The Morgan fingerprint density at radius 1 is 1.39 bits per heavy atom. The van der Waals surface area contributed by atoms with Crippen molar-refractivity contribution in [1.29, 1.82) is 0 Å². The molecule has 1 aliphatic rings. The van der Waals surface area contributed by atoms with Gasteiger partial charge in [0.15, 0.2) is 0 Å². The number of rotatable bonds is 1. The summed E-state index contributed by atoms with van der Waals surface area (Å²) >= 11 is 1.51. The molecule has 3 rings (SSSR count). The molecule has 0 fully saturated rings. The SMILES string of the molecule is COC(=O)c1cc2c(s1)-c1ccccc1NCC2. The number of para-hydroxylation sites is 1. The highest BCUT2D eigenvalue weighted by Gasteiger charge is 2.19. The van der Waals surface area contributed by atoms with Gasteiger partial charge in [-0.25, -0.2) is 4.79 Å². The first kappa shape index (κ1) is 11.3. The van der Waals surface area contributed by atoms with Crippen molar-refractivity contribution >= 4 is 23.0 Å². The first-order valence-electron chi connectivity index (χ1n) is 5.84. The van der Waals surface area contributed by atoms with Crippen LogP contribution in [0.25, 0.3) is 10.4 Å². The quantitative estimate of drug-likeness (QED) is 0.799. The fourth-order valence-electron chi connectivity index (χ4n) is 2.21. The molecule has 1 aromatic carbocycles. The zero-order valence-corrected chi connectivity index (χ0v) is 10.8. The van der Waals surface area contributed by atoms with Crippen molar-refractivity contribution in [3.63, 3.8) is 0 Å². The van der Waals surface area contributed by atoms with E-state index in [-0.39, 0.29) is 5.97 Å². The van der Waals surface area contributed by atoms with Crippen molar-refractivity contribution in [2.24, 2.45) is 0 Å². The van der Waals surface area contributed by atoms with Crippen LogP contribution >= 0.6 is 11.3 Å². The molecule has 1 aromatic heterocycles. The molecule has 0 bridgehead atoms. The second kappa shape index (κ2) is 4.46. The molecule has 2 aromatic rings. The molecular weight excluding hydrogens is 246 g/mol. The fraction of sp³-hybridized carbons (Fsp3) is 0.214. The van der Waals surface area contributed by atoms with E-state index in [1.54, 1.807) is 0 Å². The molecule has 4 heteroatoms. The summed E-state index contributed by atoms with van der Waals surface area (Å²) in [7, 11) is 1.42. The second-order valence-electron chi connectivity index (χ2n) is 4.18. The molecule has 0 unspecified atom stereocenters. The van der Waals surface area contributed by atoms with Gasteiger partial charge in [-0.2, -0.15) is 0 Å². The minimum Gasteiger partial charge on any atom is -0.465 e. The smallest absolute Gasteiger partial charge is 0.348 e. The van der Waals surface area contributed by atoms with Crippen molar-refractivity contribution in [2.75, 3.05) is 19.0 Å². The Morgan fingerprint density at radius 3 is 3.06 bits per heavy atom. The lowest BCUT2D eigenvalue weighted by Crippen LogP contribution is -2.02. The maximum absolute atomic E-state index is 11.6. The molecule has 0 spiro atoms. The van der Waals surface area contributed by atoms with Crippen LogP contribution in [0.1, 0.15) is 15.2 Å². The lowest BCUT2D eigenvalue weighted by atomic mass is 10.1. The normalized spacial score (nSPS) is 12.9. The Morgan fingerprint density at radius 2 is 2.22 bits per heavy atom. The molecule has 2 heterocycles. The van der Waals surface area contributed by atoms with Crippen LogP contribution in [0.4, 0.5) is 5.69 Å². The maximum Gasteiger partial charge on any atom is 0.348 e. The molecule has 0 saturated heterocycles. The Balaban J connectivity index is 2.15. The number of carbonyl (C=O) groups is 1. The van der Waals surface area contributed by atoms with Crippen LogP contribution in [0.5, 0.6) is 0 Å². The third-order valence-electron chi connectivity index (χ3n) is 3.08. The van der Waals surface area contributed by atoms with Crippen LogP contribution in [0.2, 0.25) is 0 Å². The number of carbonyl (C=O) groups excluding carboxylic acids is 1. The number of hydrogen-bond donors (Lipinski definition) is 1. The maximum atomic E-state index is 11.6. The van der Waals surface area contributed by atoms with E-state index in [2.05, 4.69) is 17.4 Å². The summed E-state index contributed by atoms with van der Waals surface area (Å²) in [6.45, 7) is 0.890. The number of esters is 1. The Kier molecular flexibility index (Phi) is 2.80. The van der Waals surface area contributed by atoms with Gasteiger partial charge in [0.05, 0.1) is 7.11 Å². The summed E-state index contributed by atoms with van der Waals surface area (Å²) in [5.74, 6) is -0.251. The van der Waals surface area contributed by atoms with Crippen molar-refractivity contribution in [3.8, 4) is 10.4 Å². The Bertz CT molecular complexity index is 604. The monoisotopic (exact) mass is 259 g/mol. The van der Waals surface area contributed by atoms with Gasteiger partial charge in [0.25, 0.3) is 0 Å². The fourth-order valence-corrected chi connectivity index (χ4v) is 3.38. The van der Waals surface area contributed by atoms with Crippen molar-refractivity contribution in [2.45, 2.75) is 6.42 Å². The number of thiophene rings is 1. The molecule has 0 saturated carbocycles. The van der Waals surface area contributed by atoms with E-state index < -0.39 is 0 Å². The zero-order valence-electron chi connectivity index (χ0n) is 10.0. The Hall–Kier alpha value is -1.81. The molecule has 1 N–H and O–H groups in total. The van der Waals surface area contributed by atoms with Crippen LogP contribution in [0.15, 0.2) is 30.3 Å². The number of ether oxygens (including phenoxy) is 1. The van der Waals surface area contributed by atoms with Gasteiger partial charge < -0.3 is 10.1 Å². The summed E-state index contributed by atoms with van der Waals surface area (Å²) in [6, 6.07) is 10.2. The predicted molar refractivity (Wildman–Crippen MR) is 73.3 cm³/mol. The summed E-state index contributed by atoms with van der Waals surface area (Å²) in [5, 5.41) is 3.41. The average molecular weight is 259 g/mol. The van der Waals surface area contributed by atoms with Gasteiger partial charge in [-0.1, -0.05) is 18.2 Å². The number of benzene rings is 1. The number of methoxy groups -OCH3 is 1. The van der Waals surface area contributed by atoms with Gasteiger partial charge in [-0.3, -0.25) is 0 Å². The van der Waals surface area contributed by atoms with Crippen molar-refractivity contribution in [1.82, 2.24) is 0 Å². The molecule has 1 aliphatic heterocycles. The van der Waals surface area contributed by atoms with Crippen LogP contribution < -0.4 is 5.32 Å². The number of nitrogens with one attached hydrogen (secondary N) is 1. The van der Waals surface area contributed by atoms with Crippen molar-refractivity contribution < 1.29 is 9.53 Å². The lowest BCUT2D eigenvalue weighted by Gasteiger charge is -2.06. The third-order valence-corrected chi connectivity index (χ3v) is 4.27. The lowest BCUT2D eigenvalue weighted by molar-refractivity contribution is 0.0606. The minimum absolute atomic E-state index is 0.251. The summed E-state index contributed by atoms with van der Waals surface area (Å²) in [6.07, 6.45) is 0.928. The van der Waals surface area contributed by atoms with E-state index in [4.69, 9.17) is 4.74 Å². The molecule has 0 atom stereocenters. The molecule has 18 heavy (non-hydrogen) atoms. The highest BCUT2D eigenvalue weighted by atomic mass is 32.1. The second-order valence-corrected chi connectivity index (χ2v) is 5.23. The number of hydrogen-bond acceptors (Lipinski definition) is 4. The van der Waals surface area contributed by atoms with Gasteiger partial charge in [0.1, 0.15) is 4.88 Å². The largest absolute Gasteiger partial charge is 0.465 e. The summed E-state index contributed by atoms with van der Waals surface area (Å²) in [5.41, 5.74) is 3.53. The van der Waals surface area contributed by atoms with Crippen LogP contribution in [0, 0.1) is 0 Å². The summed E-state index contributed by atoms with van der Waals surface area (Å²) < 4.78 is 4.79. The molecular formula is C14H13NO2S. The van der Waals surface area contributed by atoms with Crippen molar-refractivity contribution in [3.05, 3.63) is 40.8 Å². The Labute approximate surface area is 109 Å². The highest BCUT2D eigenvalue weighted by Crippen LogP contribution is 2.39. The van der Waals surface area contributed by atoms with E-state index in [9.17, 15) is 4.79 Å².